The van der Waals surface area contributed by atoms with Crippen LogP contribution in [-0.4, -0.2) is 30.3 Å². The minimum absolute atomic E-state index is 0.218. The Balaban J connectivity index is 1.90. The van der Waals surface area contributed by atoms with Gasteiger partial charge in [0.25, 0.3) is 5.91 Å². The Hall–Kier alpha value is -3.09. The molecule has 0 saturated heterocycles. The molecule has 0 fully saturated rings. The van der Waals surface area contributed by atoms with Crippen LogP contribution in [-0.2, 0) is 20.7 Å². The van der Waals surface area contributed by atoms with E-state index in [1.807, 2.05) is 30.3 Å². The van der Waals surface area contributed by atoms with Gasteiger partial charge in [0.05, 0.1) is 11.6 Å². The second-order valence-electron chi connectivity index (χ2n) is 5.63. The van der Waals surface area contributed by atoms with E-state index >= 15 is 0 Å². The molecule has 0 bridgehead atoms. The Morgan fingerprint density at radius 2 is 1.73 bits per heavy atom. The van der Waals surface area contributed by atoms with Crippen LogP contribution in [0.2, 0.25) is 0 Å². The number of carbonyl (C=O) groups excluding carboxylic acids is 3. The van der Waals surface area contributed by atoms with E-state index in [9.17, 15) is 23.2 Å². The number of hydrogen-bond acceptors (Lipinski definition) is 4. The Kier molecular flexibility index (Phi) is 6.54. The average Bonchev–Trinajstić information content (AvgIpc) is 2.62. The Labute approximate surface area is 149 Å². The number of Topliss-reactive ketones (excluding diaryl/α,β-unsaturated/α-hetero) is 1. The maximum absolute atomic E-state index is 13.1. The van der Waals surface area contributed by atoms with Crippen molar-refractivity contribution in [2.75, 3.05) is 6.61 Å². The van der Waals surface area contributed by atoms with Crippen LogP contribution in [0.1, 0.15) is 22.8 Å². The Morgan fingerprint density at radius 3 is 2.35 bits per heavy atom. The monoisotopic (exact) mass is 361 g/mol. The van der Waals surface area contributed by atoms with Crippen molar-refractivity contribution in [2.45, 2.75) is 19.4 Å². The number of ketones is 1. The predicted molar refractivity (Wildman–Crippen MR) is 89.4 cm³/mol. The van der Waals surface area contributed by atoms with Crippen molar-refractivity contribution in [1.29, 1.82) is 0 Å². The number of ether oxygens (including phenoxy) is 1. The highest BCUT2D eigenvalue weighted by molar-refractivity contribution is 5.92. The maximum Gasteiger partial charge on any atom is 0.338 e. The summed E-state index contributed by atoms with van der Waals surface area (Å²) in [6, 6.07) is 10.9. The molecule has 1 unspecified atom stereocenters. The molecule has 0 aliphatic carbocycles. The number of rotatable bonds is 7. The molecule has 7 heteroatoms. The zero-order valence-electron chi connectivity index (χ0n) is 14.0. The lowest BCUT2D eigenvalue weighted by Crippen LogP contribution is -2.43. The molecule has 0 saturated carbocycles. The molecule has 26 heavy (non-hydrogen) atoms. The molecule has 1 N–H and O–H groups in total. The molecular weight excluding hydrogens is 344 g/mol. The van der Waals surface area contributed by atoms with Crippen LogP contribution in [0.25, 0.3) is 0 Å². The van der Waals surface area contributed by atoms with Gasteiger partial charge < -0.3 is 10.1 Å². The summed E-state index contributed by atoms with van der Waals surface area (Å²) < 4.78 is 30.7. The predicted octanol–water partition coefficient (Wildman–Crippen LogP) is 2.44. The van der Waals surface area contributed by atoms with E-state index in [1.54, 1.807) is 0 Å². The van der Waals surface area contributed by atoms with Gasteiger partial charge in [-0.3, -0.25) is 9.59 Å². The fourth-order valence-corrected chi connectivity index (χ4v) is 2.22. The average molecular weight is 361 g/mol. The van der Waals surface area contributed by atoms with Crippen molar-refractivity contribution in [2.24, 2.45) is 0 Å². The first-order chi connectivity index (χ1) is 12.4. The van der Waals surface area contributed by atoms with Gasteiger partial charge in [0.1, 0.15) is 0 Å². The molecule has 1 amide bonds. The molecule has 136 valence electrons. The summed E-state index contributed by atoms with van der Waals surface area (Å²) in [5.41, 5.74) is 0.649. The van der Waals surface area contributed by atoms with Crippen molar-refractivity contribution in [1.82, 2.24) is 5.32 Å². The molecule has 0 spiro atoms. The molecule has 0 radical (unpaired) electrons. The maximum atomic E-state index is 13.1. The molecule has 0 heterocycles. The van der Waals surface area contributed by atoms with Gasteiger partial charge in [-0.25, -0.2) is 13.6 Å². The van der Waals surface area contributed by atoms with Gasteiger partial charge in [0.2, 0.25) is 0 Å². The van der Waals surface area contributed by atoms with Gasteiger partial charge in [-0.05, 0) is 37.1 Å². The zero-order valence-corrected chi connectivity index (χ0v) is 14.0. The van der Waals surface area contributed by atoms with Crippen LogP contribution in [0.15, 0.2) is 48.5 Å². The van der Waals surface area contributed by atoms with Crippen LogP contribution in [0, 0.1) is 11.6 Å². The fourth-order valence-electron chi connectivity index (χ4n) is 2.22. The molecule has 2 aromatic rings. The van der Waals surface area contributed by atoms with E-state index in [0.29, 0.717) is 12.5 Å². The van der Waals surface area contributed by atoms with E-state index in [0.717, 1.165) is 17.7 Å². The minimum Gasteiger partial charge on any atom is -0.452 e. The molecule has 0 aliphatic rings. The van der Waals surface area contributed by atoms with Crippen molar-refractivity contribution >= 4 is 17.7 Å². The molecule has 1 atom stereocenters. The molecule has 5 nitrogen and oxygen atoms in total. The van der Waals surface area contributed by atoms with Gasteiger partial charge in [-0.15, -0.1) is 0 Å². The summed E-state index contributed by atoms with van der Waals surface area (Å²) in [5, 5.41) is 2.49. The van der Waals surface area contributed by atoms with Crippen LogP contribution in [0.5, 0.6) is 0 Å². The first kappa shape index (κ1) is 19.2. The number of carbonyl (C=O) groups is 3. The van der Waals surface area contributed by atoms with Crippen LogP contribution >= 0.6 is 0 Å². The van der Waals surface area contributed by atoms with E-state index in [2.05, 4.69) is 5.32 Å². The van der Waals surface area contributed by atoms with Crippen molar-refractivity contribution in [3.63, 3.8) is 0 Å². The summed E-state index contributed by atoms with van der Waals surface area (Å²) in [6.45, 7) is 0.706. The lowest BCUT2D eigenvalue weighted by atomic mass is 10.0. The third kappa shape index (κ3) is 5.47. The van der Waals surface area contributed by atoms with E-state index < -0.39 is 36.2 Å². The lowest BCUT2D eigenvalue weighted by molar-refractivity contribution is -0.128. The molecule has 2 rings (SSSR count). The third-order valence-electron chi connectivity index (χ3n) is 3.60. The Bertz CT molecular complexity index is 808. The molecular formula is C19H17F2NO4. The standard InChI is InChI=1S/C19H17F2NO4/c1-12(23)17(9-13-5-3-2-4-6-13)22-18(24)11-26-19(25)14-7-8-15(20)16(21)10-14/h2-8,10,17H,9,11H2,1H3,(H,22,24). The van der Waals surface area contributed by atoms with E-state index in [-0.39, 0.29) is 11.3 Å². The summed E-state index contributed by atoms with van der Waals surface area (Å²) in [4.78, 5) is 35.4. The number of hydrogen-bond donors (Lipinski definition) is 1. The molecule has 2 aromatic carbocycles. The van der Waals surface area contributed by atoms with Gasteiger partial charge in [0.15, 0.2) is 24.0 Å². The highest BCUT2D eigenvalue weighted by Gasteiger charge is 2.19. The first-order valence-corrected chi connectivity index (χ1v) is 7.82. The van der Waals surface area contributed by atoms with Gasteiger partial charge >= 0.3 is 5.97 Å². The third-order valence-corrected chi connectivity index (χ3v) is 3.60. The zero-order chi connectivity index (χ0) is 19.1. The number of esters is 1. The summed E-state index contributed by atoms with van der Waals surface area (Å²) in [5.74, 6) is -4.17. The van der Waals surface area contributed by atoms with Crippen LogP contribution < -0.4 is 5.32 Å². The molecule has 0 aromatic heterocycles. The SMILES string of the molecule is CC(=O)C(Cc1ccccc1)NC(=O)COC(=O)c1ccc(F)c(F)c1. The van der Waals surface area contributed by atoms with E-state index in [4.69, 9.17) is 4.74 Å². The van der Waals surface area contributed by atoms with Gasteiger partial charge in [-0.2, -0.15) is 0 Å². The number of amides is 1. The van der Waals surface area contributed by atoms with Crippen molar-refractivity contribution in [3.05, 3.63) is 71.3 Å². The van der Waals surface area contributed by atoms with E-state index in [1.165, 1.54) is 6.92 Å². The van der Waals surface area contributed by atoms with Crippen molar-refractivity contribution < 1.29 is 27.9 Å². The summed E-state index contributed by atoms with van der Waals surface area (Å²) in [7, 11) is 0. The van der Waals surface area contributed by atoms with Gasteiger partial charge in [-0.1, -0.05) is 30.3 Å². The van der Waals surface area contributed by atoms with Crippen LogP contribution in [0.4, 0.5) is 8.78 Å². The normalized spacial score (nSPS) is 11.5. The minimum atomic E-state index is -1.19. The second kappa shape index (κ2) is 8.84. The smallest absolute Gasteiger partial charge is 0.338 e. The second-order valence-corrected chi connectivity index (χ2v) is 5.63. The fraction of sp³-hybridized carbons (Fsp3) is 0.211. The summed E-state index contributed by atoms with van der Waals surface area (Å²) >= 11 is 0. The number of halogens is 2. The van der Waals surface area contributed by atoms with Gasteiger partial charge in [0, 0.05) is 0 Å². The first-order valence-electron chi connectivity index (χ1n) is 7.82. The number of benzene rings is 2. The summed E-state index contributed by atoms with van der Waals surface area (Å²) in [6.07, 6.45) is 0.305. The Morgan fingerprint density at radius 1 is 1.04 bits per heavy atom. The number of nitrogens with one attached hydrogen (secondary N) is 1. The molecule has 0 aliphatic heterocycles. The van der Waals surface area contributed by atoms with Crippen LogP contribution in [0.3, 0.4) is 0 Å². The largest absolute Gasteiger partial charge is 0.452 e. The quantitative estimate of drug-likeness (QED) is 0.769. The topological polar surface area (TPSA) is 72.5 Å². The van der Waals surface area contributed by atoms with Crippen molar-refractivity contribution in [3.8, 4) is 0 Å². The lowest BCUT2D eigenvalue weighted by Gasteiger charge is -2.16. The highest BCUT2D eigenvalue weighted by atomic mass is 19.2. The highest BCUT2D eigenvalue weighted by Crippen LogP contribution is 2.10.